The van der Waals surface area contributed by atoms with E-state index in [1.165, 1.54) is 5.56 Å². The Morgan fingerprint density at radius 2 is 2.22 bits per heavy atom. The van der Waals surface area contributed by atoms with Crippen LogP contribution in [-0.2, 0) is 6.54 Å². The van der Waals surface area contributed by atoms with E-state index in [-0.39, 0.29) is 5.91 Å². The summed E-state index contributed by atoms with van der Waals surface area (Å²) < 4.78 is 0. The predicted octanol–water partition coefficient (Wildman–Crippen LogP) is 3.22. The summed E-state index contributed by atoms with van der Waals surface area (Å²) in [5.41, 5.74) is 7.78. The SMILES string of the molecule is Cc1ccsc1CNC(=O)c1ccc(N)c(Cl)c1. The van der Waals surface area contributed by atoms with E-state index in [1.807, 2.05) is 18.4 Å². The van der Waals surface area contributed by atoms with Crippen LogP contribution >= 0.6 is 22.9 Å². The topological polar surface area (TPSA) is 55.1 Å². The van der Waals surface area contributed by atoms with Gasteiger partial charge >= 0.3 is 0 Å². The fourth-order valence-electron chi connectivity index (χ4n) is 1.52. The van der Waals surface area contributed by atoms with Crippen molar-refractivity contribution < 1.29 is 4.79 Å². The molecule has 0 atom stereocenters. The third-order valence-electron chi connectivity index (χ3n) is 2.64. The van der Waals surface area contributed by atoms with Crippen LogP contribution in [-0.4, -0.2) is 5.91 Å². The molecule has 18 heavy (non-hydrogen) atoms. The summed E-state index contributed by atoms with van der Waals surface area (Å²) in [5, 5.41) is 5.27. The second-order valence-electron chi connectivity index (χ2n) is 3.95. The first-order valence-electron chi connectivity index (χ1n) is 5.44. The van der Waals surface area contributed by atoms with Crippen molar-refractivity contribution in [1.82, 2.24) is 5.32 Å². The van der Waals surface area contributed by atoms with Crippen LogP contribution in [0.5, 0.6) is 0 Å². The van der Waals surface area contributed by atoms with E-state index in [0.717, 1.165) is 4.88 Å². The average molecular weight is 281 g/mol. The first-order chi connectivity index (χ1) is 8.58. The number of carbonyl (C=O) groups is 1. The molecule has 1 aromatic carbocycles. The normalized spacial score (nSPS) is 10.3. The maximum Gasteiger partial charge on any atom is 0.251 e. The molecule has 0 spiro atoms. The predicted molar refractivity (Wildman–Crippen MR) is 76.1 cm³/mol. The lowest BCUT2D eigenvalue weighted by molar-refractivity contribution is 0.0951. The zero-order valence-corrected chi connectivity index (χ0v) is 11.4. The number of halogens is 1. The number of hydrogen-bond donors (Lipinski definition) is 2. The molecule has 2 aromatic rings. The van der Waals surface area contributed by atoms with Gasteiger partial charge in [-0.2, -0.15) is 0 Å². The highest BCUT2D eigenvalue weighted by molar-refractivity contribution is 7.10. The molecular weight excluding hydrogens is 268 g/mol. The van der Waals surface area contributed by atoms with Gasteiger partial charge in [0.15, 0.2) is 0 Å². The smallest absolute Gasteiger partial charge is 0.251 e. The molecule has 0 saturated carbocycles. The Balaban J connectivity index is 2.04. The molecule has 0 aliphatic carbocycles. The van der Waals surface area contributed by atoms with Gasteiger partial charge in [0.05, 0.1) is 17.3 Å². The largest absolute Gasteiger partial charge is 0.398 e. The molecule has 0 fully saturated rings. The van der Waals surface area contributed by atoms with E-state index < -0.39 is 0 Å². The number of rotatable bonds is 3. The summed E-state index contributed by atoms with van der Waals surface area (Å²) in [7, 11) is 0. The van der Waals surface area contributed by atoms with E-state index in [4.69, 9.17) is 17.3 Å². The van der Waals surface area contributed by atoms with Crippen LogP contribution in [0.15, 0.2) is 29.6 Å². The van der Waals surface area contributed by atoms with Gasteiger partial charge in [0, 0.05) is 10.4 Å². The summed E-state index contributed by atoms with van der Waals surface area (Å²) in [5.74, 6) is -0.148. The van der Waals surface area contributed by atoms with Crippen molar-refractivity contribution in [3.05, 3.63) is 50.7 Å². The lowest BCUT2D eigenvalue weighted by Crippen LogP contribution is -2.22. The molecule has 1 amide bonds. The Morgan fingerprint density at radius 3 is 2.83 bits per heavy atom. The molecule has 0 aliphatic rings. The van der Waals surface area contributed by atoms with E-state index in [2.05, 4.69) is 5.32 Å². The lowest BCUT2D eigenvalue weighted by atomic mass is 10.2. The minimum atomic E-state index is -0.148. The van der Waals surface area contributed by atoms with Gasteiger partial charge in [-0.05, 0) is 42.1 Å². The molecule has 3 N–H and O–H groups in total. The number of anilines is 1. The van der Waals surface area contributed by atoms with Crippen LogP contribution < -0.4 is 11.1 Å². The van der Waals surface area contributed by atoms with Gasteiger partial charge in [-0.1, -0.05) is 11.6 Å². The molecule has 1 heterocycles. The van der Waals surface area contributed by atoms with Crippen LogP contribution in [0.1, 0.15) is 20.8 Å². The highest BCUT2D eigenvalue weighted by atomic mass is 35.5. The van der Waals surface area contributed by atoms with Crippen molar-refractivity contribution in [2.45, 2.75) is 13.5 Å². The Morgan fingerprint density at radius 1 is 1.44 bits per heavy atom. The third-order valence-corrected chi connectivity index (χ3v) is 3.99. The molecule has 1 aromatic heterocycles. The van der Waals surface area contributed by atoms with Crippen molar-refractivity contribution in [2.24, 2.45) is 0 Å². The van der Waals surface area contributed by atoms with Crippen LogP contribution in [0, 0.1) is 6.92 Å². The average Bonchev–Trinajstić information content (AvgIpc) is 2.75. The minimum Gasteiger partial charge on any atom is -0.398 e. The number of nitrogens with two attached hydrogens (primary N) is 1. The Labute approximate surface area is 115 Å². The number of benzene rings is 1. The fourth-order valence-corrected chi connectivity index (χ4v) is 2.54. The molecule has 94 valence electrons. The summed E-state index contributed by atoms with van der Waals surface area (Å²) in [6.45, 7) is 2.56. The van der Waals surface area contributed by atoms with E-state index in [1.54, 1.807) is 29.5 Å². The van der Waals surface area contributed by atoms with Gasteiger partial charge < -0.3 is 11.1 Å². The van der Waals surface area contributed by atoms with Gasteiger partial charge in [-0.25, -0.2) is 0 Å². The monoisotopic (exact) mass is 280 g/mol. The van der Waals surface area contributed by atoms with Crippen LogP contribution in [0.25, 0.3) is 0 Å². The zero-order chi connectivity index (χ0) is 13.1. The maximum absolute atomic E-state index is 11.9. The van der Waals surface area contributed by atoms with Gasteiger partial charge in [0.25, 0.3) is 5.91 Å². The van der Waals surface area contributed by atoms with Crippen molar-refractivity contribution in [2.75, 3.05) is 5.73 Å². The van der Waals surface area contributed by atoms with Gasteiger partial charge in [0.2, 0.25) is 0 Å². The first-order valence-corrected chi connectivity index (χ1v) is 6.70. The van der Waals surface area contributed by atoms with E-state index >= 15 is 0 Å². The van der Waals surface area contributed by atoms with Gasteiger partial charge in [-0.3, -0.25) is 4.79 Å². The van der Waals surface area contributed by atoms with Crippen molar-refractivity contribution in [3.63, 3.8) is 0 Å². The fraction of sp³-hybridized carbons (Fsp3) is 0.154. The second kappa shape index (κ2) is 5.42. The highest BCUT2D eigenvalue weighted by Crippen LogP contribution is 2.20. The molecule has 0 aliphatic heterocycles. The van der Waals surface area contributed by atoms with Gasteiger partial charge in [-0.15, -0.1) is 11.3 Å². The number of carbonyl (C=O) groups excluding carboxylic acids is 1. The molecule has 0 radical (unpaired) electrons. The Hall–Kier alpha value is -1.52. The summed E-state index contributed by atoms with van der Waals surface area (Å²) in [6.07, 6.45) is 0. The maximum atomic E-state index is 11.9. The molecule has 0 bridgehead atoms. The van der Waals surface area contributed by atoms with Gasteiger partial charge in [0.1, 0.15) is 0 Å². The van der Waals surface area contributed by atoms with Crippen LogP contribution in [0.4, 0.5) is 5.69 Å². The zero-order valence-electron chi connectivity index (χ0n) is 9.87. The molecule has 3 nitrogen and oxygen atoms in total. The summed E-state index contributed by atoms with van der Waals surface area (Å²) >= 11 is 7.51. The minimum absolute atomic E-state index is 0.148. The molecule has 5 heteroatoms. The van der Waals surface area contributed by atoms with Crippen molar-refractivity contribution in [1.29, 1.82) is 0 Å². The number of hydrogen-bond acceptors (Lipinski definition) is 3. The summed E-state index contributed by atoms with van der Waals surface area (Å²) in [6, 6.07) is 6.91. The summed E-state index contributed by atoms with van der Waals surface area (Å²) in [4.78, 5) is 13.1. The van der Waals surface area contributed by atoms with Crippen LogP contribution in [0.3, 0.4) is 0 Å². The molecule has 0 unspecified atom stereocenters. The number of aryl methyl sites for hydroxylation is 1. The number of nitrogen functional groups attached to an aromatic ring is 1. The van der Waals surface area contributed by atoms with E-state index in [0.29, 0.717) is 22.8 Å². The van der Waals surface area contributed by atoms with Crippen molar-refractivity contribution >= 4 is 34.5 Å². The number of nitrogens with one attached hydrogen (secondary N) is 1. The quantitative estimate of drug-likeness (QED) is 0.848. The third kappa shape index (κ3) is 2.83. The molecule has 0 saturated heterocycles. The Kier molecular flexibility index (Phi) is 3.89. The molecule has 2 rings (SSSR count). The first kappa shape index (κ1) is 12.9. The molecular formula is C13H13ClN2OS. The number of amides is 1. The number of thiophene rings is 1. The standard InChI is InChI=1S/C13H13ClN2OS/c1-8-4-5-18-12(8)7-16-13(17)9-2-3-11(15)10(14)6-9/h2-6H,7,15H2,1H3,(H,16,17). The van der Waals surface area contributed by atoms with E-state index in [9.17, 15) is 4.79 Å². The highest BCUT2D eigenvalue weighted by Gasteiger charge is 2.08. The second-order valence-corrected chi connectivity index (χ2v) is 5.35. The van der Waals surface area contributed by atoms with Crippen LogP contribution in [0.2, 0.25) is 5.02 Å². The Bertz CT molecular complexity index is 580. The van der Waals surface area contributed by atoms with Crippen molar-refractivity contribution in [3.8, 4) is 0 Å². The lowest BCUT2D eigenvalue weighted by Gasteiger charge is -2.06.